The van der Waals surface area contributed by atoms with E-state index < -0.39 is 0 Å². The molecule has 0 spiro atoms. The number of hydrogen-bond acceptors (Lipinski definition) is 2. The summed E-state index contributed by atoms with van der Waals surface area (Å²) in [5.74, 6) is 0.446. The molecule has 2 aromatic carbocycles. The summed E-state index contributed by atoms with van der Waals surface area (Å²) in [6.45, 7) is 3.68. The minimum Gasteiger partial charge on any atom is -0.325 e. The third-order valence-electron chi connectivity index (χ3n) is 3.37. The van der Waals surface area contributed by atoms with Crippen LogP contribution in [0.2, 0.25) is 0 Å². The van der Waals surface area contributed by atoms with Crippen LogP contribution in [0.1, 0.15) is 11.3 Å². The molecule has 0 aliphatic carbocycles. The number of halogens is 1. The third-order valence-corrected chi connectivity index (χ3v) is 3.37. The fraction of sp³-hybridized carbons (Fsp3) is 0.118. The Morgan fingerprint density at radius 1 is 1.00 bits per heavy atom. The maximum absolute atomic E-state index is 13.6. The highest BCUT2D eigenvalue weighted by molar-refractivity contribution is 5.60. The van der Waals surface area contributed by atoms with Crippen molar-refractivity contribution in [1.29, 1.82) is 0 Å². The van der Waals surface area contributed by atoms with Crippen molar-refractivity contribution < 1.29 is 4.39 Å². The molecule has 0 unspecified atom stereocenters. The lowest BCUT2D eigenvalue weighted by molar-refractivity contribution is 0.619. The van der Waals surface area contributed by atoms with Crippen LogP contribution in [0.4, 0.5) is 16.0 Å². The van der Waals surface area contributed by atoms with Gasteiger partial charge in [0.15, 0.2) is 0 Å². The molecule has 0 aliphatic heterocycles. The number of aryl methyl sites for hydroxylation is 1. The minimum atomic E-state index is -0.227. The number of nitrogens with one attached hydrogen (secondary N) is 1. The summed E-state index contributed by atoms with van der Waals surface area (Å²) in [6.07, 6.45) is 1.95. The average molecular weight is 281 g/mol. The molecule has 0 amide bonds. The molecule has 1 heterocycles. The van der Waals surface area contributed by atoms with Gasteiger partial charge in [-0.05, 0) is 38.1 Å². The Morgan fingerprint density at radius 2 is 1.76 bits per heavy atom. The van der Waals surface area contributed by atoms with Gasteiger partial charge in [0.05, 0.1) is 5.69 Å². The van der Waals surface area contributed by atoms with Gasteiger partial charge in [-0.2, -0.15) is 0 Å². The number of aromatic nitrogens is 2. The first kappa shape index (κ1) is 13.4. The molecule has 106 valence electrons. The molecule has 0 saturated heterocycles. The summed E-state index contributed by atoms with van der Waals surface area (Å²) in [6, 6.07) is 14.9. The van der Waals surface area contributed by atoms with Crippen molar-refractivity contribution in [3.8, 4) is 5.69 Å². The van der Waals surface area contributed by atoms with Crippen LogP contribution >= 0.6 is 0 Å². The molecule has 0 fully saturated rings. The van der Waals surface area contributed by atoms with Crippen molar-refractivity contribution in [2.75, 3.05) is 5.32 Å². The maximum Gasteiger partial charge on any atom is 0.212 e. The summed E-state index contributed by atoms with van der Waals surface area (Å²) in [5, 5.41) is 3.21. The smallest absolute Gasteiger partial charge is 0.212 e. The monoisotopic (exact) mass is 281 g/mol. The zero-order chi connectivity index (χ0) is 14.8. The molecule has 0 saturated carbocycles. The van der Waals surface area contributed by atoms with E-state index in [9.17, 15) is 4.39 Å². The summed E-state index contributed by atoms with van der Waals surface area (Å²) >= 11 is 0. The van der Waals surface area contributed by atoms with Crippen LogP contribution in [-0.4, -0.2) is 9.55 Å². The van der Waals surface area contributed by atoms with Gasteiger partial charge >= 0.3 is 0 Å². The highest BCUT2D eigenvalue weighted by Gasteiger charge is 2.10. The number of nitrogens with zero attached hydrogens (tertiary/aromatic N) is 2. The molecule has 1 aromatic heterocycles. The normalized spacial score (nSPS) is 10.6. The van der Waals surface area contributed by atoms with Gasteiger partial charge in [0, 0.05) is 23.1 Å². The van der Waals surface area contributed by atoms with Gasteiger partial charge < -0.3 is 5.32 Å². The Kier molecular flexibility index (Phi) is 3.44. The Labute approximate surface area is 123 Å². The van der Waals surface area contributed by atoms with Gasteiger partial charge in [0.2, 0.25) is 5.95 Å². The van der Waals surface area contributed by atoms with E-state index in [0.29, 0.717) is 11.5 Å². The van der Waals surface area contributed by atoms with Crippen LogP contribution in [0.3, 0.4) is 0 Å². The topological polar surface area (TPSA) is 29.9 Å². The largest absolute Gasteiger partial charge is 0.325 e. The van der Waals surface area contributed by atoms with Crippen LogP contribution in [0, 0.1) is 19.7 Å². The Balaban J connectivity index is 2.02. The number of para-hydroxylation sites is 1. The molecule has 0 radical (unpaired) electrons. The van der Waals surface area contributed by atoms with Crippen molar-refractivity contribution in [3.05, 3.63) is 71.8 Å². The molecule has 21 heavy (non-hydrogen) atoms. The summed E-state index contributed by atoms with van der Waals surface area (Å²) in [4.78, 5) is 4.48. The van der Waals surface area contributed by atoms with Gasteiger partial charge in [-0.15, -0.1) is 0 Å². The zero-order valence-corrected chi connectivity index (χ0v) is 12.0. The second kappa shape index (κ2) is 5.40. The quantitative estimate of drug-likeness (QED) is 0.772. The van der Waals surface area contributed by atoms with Gasteiger partial charge in [-0.3, -0.25) is 4.57 Å². The predicted molar refractivity (Wildman–Crippen MR) is 82.7 cm³/mol. The van der Waals surface area contributed by atoms with Crippen LogP contribution in [0.25, 0.3) is 5.69 Å². The summed E-state index contributed by atoms with van der Waals surface area (Å²) in [7, 11) is 0. The van der Waals surface area contributed by atoms with Crippen molar-refractivity contribution >= 4 is 11.6 Å². The molecule has 0 bridgehead atoms. The molecule has 3 rings (SSSR count). The van der Waals surface area contributed by atoms with E-state index in [1.807, 2.05) is 54.1 Å². The molecule has 4 heteroatoms. The first-order valence-corrected chi connectivity index (χ1v) is 6.78. The van der Waals surface area contributed by atoms with E-state index >= 15 is 0 Å². The number of rotatable bonds is 3. The summed E-state index contributed by atoms with van der Waals surface area (Å²) < 4.78 is 15.6. The van der Waals surface area contributed by atoms with E-state index in [-0.39, 0.29) is 5.82 Å². The fourth-order valence-corrected chi connectivity index (χ4v) is 2.23. The van der Waals surface area contributed by atoms with Crippen LogP contribution in [-0.2, 0) is 0 Å². The zero-order valence-electron chi connectivity index (χ0n) is 12.0. The molecular weight excluding hydrogens is 265 g/mol. The SMILES string of the molecule is Cc1cn(-c2ccccc2)c(Nc2cccc(F)c2C)n1. The highest BCUT2D eigenvalue weighted by atomic mass is 19.1. The highest BCUT2D eigenvalue weighted by Crippen LogP contribution is 2.24. The molecule has 3 aromatic rings. The Morgan fingerprint density at radius 3 is 2.52 bits per heavy atom. The van der Waals surface area contributed by atoms with Gasteiger partial charge in [0.25, 0.3) is 0 Å². The van der Waals surface area contributed by atoms with Crippen molar-refractivity contribution in [1.82, 2.24) is 9.55 Å². The number of anilines is 2. The third kappa shape index (κ3) is 2.65. The number of imidazole rings is 1. The molecule has 1 N–H and O–H groups in total. The lowest BCUT2D eigenvalue weighted by Crippen LogP contribution is -2.02. The van der Waals surface area contributed by atoms with E-state index in [1.165, 1.54) is 6.07 Å². The van der Waals surface area contributed by atoms with E-state index in [4.69, 9.17) is 0 Å². The Bertz CT molecular complexity index is 763. The van der Waals surface area contributed by atoms with E-state index in [1.54, 1.807) is 13.0 Å². The van der Waals surface area contributed by atoms with Gasteiger partial charge in [-0.1, -0.05) is 24.3 Å². The van der Waals surface area contributed by atoms with Gasteiger partial charge in [-0.25, -0.2) is 9.37 Å². The van der Waals surface area contributed by atoms with Crippen LogP contribution in [0.5, 0.6) is 0 Å². The van der Waals surface area contributed by atoms with Crippen molar-refractivity contribution in [3.63, 3.8) is 0 Å². The lowest BCUT2D eigenvalue weighted by atomic mass is 10.2. The first-order chi connectivity index (χ1) is 10.1. The van der Waals surface area contributed by atoms with Crippen molar-refractivity contribution in [2.45, 2.75) is 13.8 Å². The van der Waals surface area contributed by atoms with Crippen LogP contribution in [0.15, 0.2) is 54.7 Å². The predicted octanol–water partition coefficient (Wildman–Crippen LogP) is 4.37. The lowest BCUT2D eigenvalue weighted by Gasteiger charge is -2.12. The number of hydrogen-bond donors (Lipinski definition) is 1. The van der Waals surface area contributed by atoms with Crippen molar-refractivity contribution in [2.24, 2.45) is 0 Å². The average Bonchev–Trinajstić information content (AvgIpc) is 2.86. The van der Waals surface area contributed by atoms with Crippen LogP contribution < -0.4 is 5.32 Å². The van der Waals surface area contributed by atoms with E-state index in [2.05, 4.69) is 10.3 Å². The molecule has 0 aliphatic rings. The summed E-state index contributed by atoms with van der Waals surface area (Å²) in [5.41, 5.74) is 3.21. The fourth-order valence-electron chi connectivity index (χ4n) is 2.23. The molecular formula is C17H16FN3. The second-order valence-electron chi connectivity index (χ2n) is 4.95. The standard InChI is InChI=1S/C17H16FN3/c1-12-11-21(14-7-4-3-5-8-14)17(19-12)20-16-10-6-9-15(18)13(16)2/h3-11H,1-2H3,(H,19,20). The van der Waals surface area contributed by atoms with E-state index in [0.717, 1.165) is 17.1 Å². The minimum absolute atomic E-state index is 0.227. The Hall–Kier alpha value is -2.62. The second-order valence-corrected chi connectivity index (χ2v) is 4.95. The first-order valence-electron chi connectivity index (χ1n) is 6.78. The maximum atomic E-state index is 13.6. The molecule has 3 nitrogen and oxygen atoms in total. The van der Waals surface area contributed by atoms with Gasteiger partial charge in [0.1, 0.15) is 5.82 Å². The molecule has 0 atom stereocenters. The number of benzene rings is 2.